The van der Waals surface area contributed by atoms with Gasteiger partial charge >= 0.3 is 0 Å². The van der Waals surface area contributed by atoms with E-state index >= 15 is 0 Å². The van der Waals surface area contributed by atoms with Crippen molar-refractivity contribution in [2.45, 2.75) is 420 Å². The zero-order valence-corrected chi connectivity index (χ0v) is 71.7. The minimum Gasteiger partial charge on any atom is -0.394 e. The molecule has 17 atom stereocenters. The van der Waals surface area contributed by atoms with E-state index in [9.17, 15) is 61.0 Å². The topological polar surface area (TPSA) is 307 Å². The van der Waals surface area contributed by atoms with Gasteiger partial charge in [-0.05, 0) is 116 Å². The number of carbonyl (C=O) groups excluding carboxylic acids is 1. The first-order valence-corrected chi connectivity index (χ1v) is 45.7. The smallest absolute Gasteiger partial charge is 0.220 e. The molecule has 12 N–H and O–H groups in total. The van der Waals surface area contributed by atoms with Crippen LogP contribution < -0.4 is 5.32 Å². The monoisotopic (exact) mass is 1630 g/mol. The van der Waals surface area contributed by atoms with E-state index in [1.807, 2.05) is 6.08 Å². The molecular weight excluding hydrogens is 1470 g/mol. The maximum atomic E-state index is 13.5. The average molecular weight is 1630 g/mol. The standard InChI is InChI=1S/C97H163NO18/c1-3-5-7-9-11-13-15-17-19-21-23-25-27-29-31-33-35-36-37-38-39-40-41-42-43-44-45-47-49-51-53-55-57-59-61-63-65-67-69-71-73-75-85(103)98-80(81(102)74-72-70-68-66-64-62-60-58-56-54-52-50-48-46-34-32-30-28-26-24-22-20-18-16-14-12-10-8-6-4-2)79-111-95-91(109)88(106)93(83(77-100)113-95)116-97-92(110)89(107)94(84(78-101)114-97)115-96-90(108)87(105)86(104)82(76-99)112-96/h5,7,11,13,17,19,23,25,29,31,35-36,38-39,41-42,44-45,49,51,55,57,64,66,72,74,80-84,86-97,99-102,104-110H,3-4,6,8-10,12,14-16,18,20-22,24,26-28,30,32-34,37,40,43,46-48,50,52-54,56,58-63,65,67-71,73,75-79H2,1-2H3,(H,98,103)/b7-5-,13-11-,19-17-,25-23-,31-29-,36-35-,39-38-,42-41-,45-44-,51-49-,57-55-,66-64+,74-72+. The second-order valence-corrected chi connectivity index (χ2v) is 31.7. The summed E-state index contributed by atoms with van der Waals surface area (Å²) in [5, 5.41) is 121. The van der Waals surface area contributed by atoms with Gasteiger partial charge in [-0.1, -0.05) is 352 Å². The SMILES string of the molecule is CC/C=C\C/C=C\C/C=C\C/C=C\C/C=C\C/C=C\C/C=C\C/C=C\C/C=C\C/C=C\C/C=C\CCCCCCCCCC(=O)NC(COC1OC(CO)C(OC2OC(CO)C(OC3OC(CO)C(O)C(O)C3O)C(O)C2O)C(O)C1O)C(O)/C=C/CC/C=C/CCCCCCCCCCCCCCCCCCCCCCCCCC. The van der Waals surface area contributed by atoms with Crippen molar-refractivity contribution in [3.63, 3.8) is 0 Å². The lowest BCUT2D eigenvalue weighted by Crippen LogP contribution is -2.66. The molecule has 0 aliphatic carbocycles. The Labute approximate surface area is 701 Å². The Morgan fingerprint density at radius 1 is 0.319 bits per heavy atom. The number of allylic oxidation sites excluding steroid dienone is 25. The Kier molecular flexibility index (Phi) is 67.6. The van der Waals surface area contributed by atoms with Crippen LogP contribution in [-0.2, 0) is 33.2 Å². The van der Waals surface area contributed by atoms with Gasteiger partial charge in [0, 0.05) is 6.42 Å². The highest BCUT2D eigenvalue weighted by Gasteiger charge is 2.54. The lowest BCUT2D eigenvalue weighted by Gasteiger charge is -2.48. The normalized spacial score (nSPS) is 25.3. The molecule has 3 fully saturated rings. The van der Waals surface area contributed by atoms with Crippen LogP contribution in [0.25, 0.3) is 0 Å². The van der Waals surface area contributed by atoms with Crippen LogP contribution in [0, 0.1) is 0 Å². The summed E-state index contributed by atoms with van der Waals surface area (Å²) in [7, 11) is 0. The summed E-state index contributed by atoms with van der Waals surface area (Å²) in [6, 6.07) is -1.01. The first-order valence-electron chi connectivity index (χ1n) is 45.7. The van der Waals surface area contributed by atoms with E-state index in [1.165, 1.54) is 148 Å². The molecule has 3 heterocycles. The third kappa shape index (κ3) is 51.9. The highest BCUT2D eigenvalue weighted by molar-refractivity contribution is 5.76. The van der Waals surface area contributed by atoms with E-state index in [2.05, 4.69) is 165 Å². The van der Waals surface area contributed by atoms with Gasteiger partial charge < -0.3 is 89.9 Å². The molecule has 3 saturated heterocycles. The van der Waals surface area contributed by atoms with Gasteiger partial charge in [0.05, 0.1) is 38.6 Å². The lowest BCUT2D eigenvalue weighted by molar-refractivity contribution is -0.379. The Bertz CT molecular complexity index is 2720. The molecule has 0 bridgehead atoms. The van der Waals surface area contributed by atoms with Crippen LogP contribution in [0.2, 0.25) is 0 Å². The predicted molar refractivity (Wildman–Crippen MR) is 470 cm³/mol. The number of rotatable bonds is 72. The third-order valence-corrected chi connectivity index (χ3v) is 21.6. The van der Waals surface area contributed by atoms with Gasteiger partial charge in [-0.25, -0.2) is 0 Å². The summed E-state index contributed by atoms with van der Waals surface area (Å²) in [6.45, 7) is 1.62. The Morgan fingerprint density at radius 3 is 0.966 bits per heavy atom. The van der Waals surface area contributed by atoms with Crippen molar-refractivity contribution >= 4 is 5.91 Å². The first kappa shape index (κ1) is 106. The highest BCUT2D eigenvalue weighted by Crippen LogP contribution is 2.33. The van der Waals surface area contributed by atoms with Crippen molar-refractivity contribution in [1.82, 2.24) is 5.32 Å². The number of ether oxygens (including phenoxy) is 6. The van der Waals surface area contributed by atoms with Crippen LogP contribution in [0.15, 0.2) is 158 Å². The fraction of sp³-hybridized carbons (Fsp3) is 0.722. The molecule has 0 radical (unpaired) electrons. The van der Waals surface area contributed by atoms with Crippen LogP contribution in [0.4, 0.5) is 0 Å². The molecule has 3 rings (SSSR count). The van der Waals surface area contributed by atoms with Crippen LogP contribution in [0.5, 0.6) is 0 Å². The van der Waals surface area contributed by atoms with Gasteiger partial charge in [-0.15, -0.1) is 0 Å². The zero-order valence-electron chi connectivity index (χ0n) is 71.7. The van der Waals surface area contributed by atoms with Crippen molar-refractivity contribution in [2.24, 2.45) is 0 Å². The number of hydrogen-bond acceptors (Lipinski definition) is 18. The molecule has 19 heteroatoms. The van der Waals surface area contributed by atoms with Crippen molar-refractivity contribution in [1.29, 1.82) is 0 Å². The molecule has 1 amide bonds. The predicted octanol–water partition coefficient (Wildman–Crippen LogP) is 17.9. The second kappa shape index (κ2) is 74.3. The number of hydrogen-bond donors (Lipinski definition) is 12. The molecule has 0 aromatic carbocycles. The number of carbonyl (C=O) groups is 1. The third-order valence-electron chi connectivity index (χ3n) is 21.6. The maximum Gasteiger partial charge on any atom is 0.220 e. The number of aliphatic hydroxyl groups is 11. The zero-order chi connectivity index (χ0) is 83.8. The summed E-state index contributed by atoms with van der Waals surface area (Å²) < 4.78 is 34.5. The van der Waals surface area contributed by atoms with Crippen LogP contribution >= 0.6 is 0 Å². The van der Waals surface area contributed by atoms with E-state index < -0.39 is 124 Å². The lowest BCUT2D eigenvalue weighted by atomic mass is 9.96. The van der Waals surface area contributed by atoms with Gasteiger partial charge in [0.15, 0.2) is 18.9 Å². The van der Waals surface area contributed by atoms with E-state index in [4.69, 9.17) is 28.4 Å². The molecule has 0 spiro atoms. The van der Waals surface area contributed by atoms with Crippen LogP contribution in [0.3, 0.4) is 0 Å². The number of unbranched alkanes of at least 4 members (excludes halogenated alkanes) is 32. The Hall–Kier alpha value is -4.59. The maximum absolute atomic E-state index is 13.5. The van der Waals surface area contributed by atoms with Crippen LogP contribution in [-0.4, -0.2) is 193 Å². The van der Waals surface area contributed by atoms with Crippen LogP contribution in [0.1, 0.15) is 316 Å². The first-order chi connectivity index (χ1) is 56.8. The van der Waals surface area contributed by atoms with Crippen molar-refractivity contribution in [2.75, 3.05) is 26.4 Å². The molecule has 664 valence electrons. The fourth-order valence-corrected chi connectivity index (χ4v) is 14.3. The van der Waals surface area contributed by atoms with Gasteiger partial charge in [0.1, 0.15) is 73.2 Å². The average Bonchev–Trinajstić information content (AvgIpc) is 0.783. The van der Waals surface area contributed by atoms with Gasteiger partial charge in [0.2, 0.25) is 5.91 Å². The van der Waals surface area contributed by atoms with Gasteiger partial charge in [-0.2, -0.15) is 0 Å². The van der Waals surface area contributed by atoms with Crippen molar-refractivity contribution in [3.8, 4) is 0 Å². The molecule has 0 aromatic rings. The summed E-state index contributed by atoms with van der Waals surface area (Å²) >= 11 is 0. The van der Waals surface area contributed by atoms with Crippen molar-refractivity contribution in [3.05, 3.63) is 158 Å². The fourth-order valence-electron chi connectivity index (χ4n) is 14.3. The largest absolute Gasteiger partial charge is 0.394 e. The molecular formula is C97H163NO18. The Balaban J connectivity index is 1.35. The van der Waals surface area contributed by atoms with Gasteiger partial charge in [0.25, 0.3) is 0 Å². The molecule has 0 saturated carbocycles. The summed E-state index contributed by atoms with van der Waals surface area (Å²) in [5.41, 5.74) is 0. The molecule has 17 unspecified atom stereocenters. The number of amides is 1. The molecule has 0 aromatic heterocycles. The second-order valence-electron chi connectivity index (χ2n) is 31.7. The molecule has 19 nitrogen and oxygen atoms in total. The van der Waals surface area contributed by atoms with E-state index in [0.717, 1.165) is 135 Å². The van der Waals surface area contributed by atoms with E-state index in [1.54, 1.807) is 6.08 Å². The number of nitrogens with one attached hydrogen (secondary N) is 1. The molecule has 3 aliphatic rings. The molecule has 116 heavy (non-hydrogen) atoms. The minimum atomic E-state index is -1.99. The molecule has 3 aliphatic heterocycles. The summed E-state index contributed by atoms with van der Waals surface area (Å²) in [6.07, 6.45) is 83.9. The summed E-state index contributed by atoms with van der Waals surface area (Å²) in [4.78, 5) is 13.5. The Morgan fingerprint density at radius 2 is 0.603 bits per heavy atom. The van der Waals surface area contributed by atoms with Crippen molar-refractivity contribution < 1.29 is 89.4 Å². The number of aliphatic hydroxyl groups excluding tert-OH is 11. The van der Waals surface area contributed by atoms with E-state index in [-0.39, 0.29) is 18.9 Å². The quantitative estimate of drug-likeness (QED) is 0.0199. The minimum absolute atomic E-state index is 0.213. The summed E-state index contributed by atoms with van der Waals surface area (Å²) in [5.74, 6) is -0.300. The highest BCUT2D eigenvalue weighted by atomic mass is 16.8. The van der Waals surface area contributed by atoms with Gasteiger partial charge in [-0.3, -0.25) is 4.79 Å². The van der Waals surface area contributed by atoms with E-state index in [0.29, 0.717) is 12.8 Å².